The van der Waals surface area contributed by atoms with E-state index in [-0.39, 0.29) is 17.1 Å². The molecule has 0 aliphatic carbocycles. The fourth-order valence-electron chi connectivity index (χ4n) is 1.93. The van der Waals surface area contributed by atoms with E-state index in [1.165, 1.54) is 29.5 Å². The second kappa shape index (κ2) is 7.21. The Hall–Kier alpha value is -3.75. The van der Waals surface area contributed by atoms with Crippen LogP contribution < -0.4 is 5.32 Å². The average Bonchev–Trinajstić information content (AvgIpc) is 3.29. The van der Waals surface area contributed by atoms with Crippen LogP contribution >= 0.6 is 11.3 Å². The molecule has 0 atom stereocenters. The predicted octanol–water partition coefficient (Wildman–Crippen LogP) is 3.22. The summed E-state index contributed by atoms with van der Waals surface area (Å²) >= 11 is 1.25. The van der Waals surface area contributed by atoms with Crippen LogP contribution in [0.2, 0.25) is 0 Å². The van der Waals surface area contributed by atoms with E-state index in [4.69, 9.17) is 9.68 Å². The van der Waals surface area contributed by atoms with Gasteiger partial charge in [0.25, 0.3) is 5.91 Å². The van der Waals surface area contributed by atoms with Gasteiger partial charge < -0.3 is 4.42 Å². The molecule has 0 saturated carbocycles. The third-order valence-corrected chi connectivity index (χ3v) is 3.85. The third kappa shape index (κ3) is 3.78. The molecule has 1 amide bonds. The zero-order valence-electron chi connectivity index (χ0n) is 12.6. The number of carbonyl (C=O) groups is 1. The molecule has 120 valence electrons. The van der Waals surface area contributed by atoms with Gasteiger partial charge in [0.1, 0.15) is 23.5 Å². The molecule has 0 radical (unpaired) electrons. The van der Waals surface area contributed by atoms with Crippen LogP contribution in [0.15, 0.2) is 52.0 Å². The highest BCUT2D eigenvalue weighted by atomic mass is 32.1. The Morgan fingerprint density at radius 3 is 2.72 bits per heavy atom. The van der Waals surface area contributed by atoms with Gasteiger partial charge in [-0.15, -0.1) is 11.3 Å². The number of nitrogens with zero attached hydrogens (tertiary/aromatic N) is 4. The van der Waals surface area contributed by atoms with Gasteiger partial charge in [-0.05, 0) is 24.3 Å². The van der Waals surface area contributed by atoms with Gasteiger partial charge in [-0.1, -0.05) is 0 Å². The minimum Gasteiger partial charge on any atom is -0.446 e. The lowest BCUT2D eigenvalue weighted by Gasteiger charge is -1.99. The lowest BCUT2D eigenvalue weighted by Crippen LogP contribution is -2.13. The van der Waals surface area contributed by atoms with Gasteiger partial charge in [0, 0.05) is 29.4 Å². The number of anilines is 1. The molecule has 0 aliphatic heterocycles. The van der Waals surface area contributed by atoms with E-state index in [0.717, 1.165) is 5.56 Å². The number of pyridine rings is 1. The summed E-state index contributed by atoms with van der Waals surface area (Å²) in [6.45, 7) is 0. The van der Waals surface area contributed by atoms with E-state index < -0.39 is 5.91 Å². The third-order valence-electron chi connectivity index (χ3n) is 3.09. The molecule has 0 bridgehead atoms. The number of amides is 1. The van der Waals surface area contributed by atoms with Crippen molar-refractivity contribution >= 4 is 28.5 Å². The summed E-state index contributed by atoms with van der Waals surface area (Å²) < 4.78 is 5.14. The Morgan fingerprint density at radius 2 is 2.04 bits per heavy atom. The Morgan fingerprint density at radius 1 is 1.24 bits per heavy atom. The number of hydrogen-bond donors (Lipinski definition) is 1. The molecule has 0 saturated heterocycles. The average molecular weight is 347 g/mol. The van der Waals surface area contributed by atoms with Crippen molar-refractivity contribution in [1.82, 2.24) is 9.97 Å². The Bertz CT molecular complexity index is 1020. The van der Waals surface area contributed by atoms with Crippen molar-refractivity contribution in [3.63, 3.8) is 0 Å². The molecular formula is C17H9N5O2S. The number of nitriles is 2. The lowest BCUT2D eigenvalue weighted by atomic mass is 10.2. The van der Waals surface area contributed by atoms with Gasteiger partial charge in [-0.3, -0.25) is 15.1 Å². The first kappa shape index (κ1) is 16.1. The van der Waals surface area contributed by atoms with E-state index >= 15 is 0 Å². The van der Waals surface area contributed by atoms with Crippen molar-refractivity contribution in [2.24, 2.45) is 0 Å². The molecule has 0 spiro atoms. The lowest BCUT2D eigenvalue weighted by molar-refractivity contribution is -0.112. The SMILES string of the molecule is N#CC(=Cc1ccc(C#N)o1)C(=O)Nc1nc(-c2ccncc2)cs1. The Balaban J connectivity index is 1.76. The van der Waals surface area contributed by atoms with E-state index in [2.05, 4.69) is 15.3 Å². The van der Waals surface area contributed by atoms with Crippen molar-refractivity contribution in [2.45, 2.75) is 0 Å². The van der Waals surface area contributed by atoms with Crippen LogP contribution in [-0.4, -0.2) is 15.9 Å². The number of rotatable bonds is 4. The minimum atomic E-state index is -0.604. The molecule has 0 unspecified atom stereocenters. The minimum absolute atomic E-state index is 0.103. The van der Waals surface area contributed by atoms with E-state index in [0.29, 0.717) is 10.8 Å². The monoisotopic (exact) mass is 347 g/mol. The molecule has 3 aromatic rings. The Kier molecular flexibility index (Phi) is 4.65. The molecule has 3 heterocycles. The fourth-order valence-corrected chi connectivity index (χ4v) is 2.65. The normalized spacial score (nSPS) is 10.7. The van der Waals surface area contributed by atoms with Gasteiger partial charge in [-0.2, -0.15) is 10.5 Å². The summed E-state index contributed by atoms with van der Waals surface area (Å²) in [4.78, 5) is 20.5. The summed E-state index contributed by atoms with van der Waals surface area (Å²) in [7, 11) is 0. The highest BCUT2D eigenvalue weighted by Gasteiger charge is 2.13. The summed E-state index contributed by atoms with van der Waals surface area (Å²) in [6, 6.07) is 10.2. The van der Waals surface area contributed by atoms with Crippen LogP contribution in [0.5, 0.6) is 0 Å². The molecule has 25 heavy (non-hydrogen) atoms. The summed E-state index contributed by atoms with van der Waals surface area (Å²) in [5, 5.41) is 22.6. The van der Waals surface area contributed by atoms with Crippen LogP contribution in [0.1, 0.15) is 11.5 Å². The maximum absolute atomic E-state index is 12.2. The zero-order valence-corrected chi connectivity index (χ0v) is 13.4. The van der Waals surface area contributed by atoms with E-state index in [9.17, 15) is 10.1 Å². The fraction of sp³-hybridized carbons (Fsp3) is 0. The number of carbonyl (C=O) groups excluding carboxylic acids is 1. The highest BCUT2D eigenvalue weighted by Crippen LogP contribution is 2.24. The van der Waals surface area contributed by atoms with Crippen LogP contribution in [-0.2, 0) is 4.79 Å². The molecular weight excluding hydrogens is 338 g/mol. The number of aromatic nitrogens is 2. The van der Waals surface area contributed by atoms with Crippen molar-refractivity contribution in [1.29, 1.82) is 10.5 Å². The molecule has 8 heteroatoms. The van der Waals surface area contributed by atoms with Crippen LogP contribution in [0.3, 0.4) is 0 Å². The van der Waals surface area contributed by atoms with Crippen LogP contribution in [0.4, 0.5) is 5.13 Å². The molecule has 0 aliphatic rings. The Labute approximate surface area is 146 Å². The van der Waals surface area contributed by atoms with Crippen molar-refractivity contribution in [3.05, 3.63) is 59.1 Å². The second-order valence-electron chi connectivity index (χ2n) is 4.71. The number of nitrogens with one attached hydrogen (secondary N) is 1. The van der Waals surface area contributed by atoms with Crippen molar-refractivity contribution in [3.8, 4) is 23.4 Å². The first-order chi connectivity index (χ1) is 12.2. The topological polar surface area (TPSA) is 116 Å². The number of hydrogen-bond acceptors (Lipinski definition) is 7. The first-order valence-corrected chi connectivity index (χ1v) is 7.86. The van der Waals surface area contributed by atoms with Gasteiger partial charge in [0.15, 0.2) is 5.13 Å². The maximum atomic E-state index is 12.2. The quantitative estimate of drug-likeness (QED) is 0.572. The second-order valence-corrected chi connectivity index (χ2v) is 5.57. The van der Waals surface area contributed by atoms with Crippen molar-refractivity contribution < 1.29 is 9.21 Å². The predicted molar refractivity (Wildman–Crippen MR) is 91.0 cm³/mol. The first-order valence-electron chi connectivity index (χ1n) is 6.98. The maximum Gasteiger partial charge on any atom is 0.268 e. The number of thiazole rings is 1. The molecule has 7 nitrogen and oxygen atoms in total. The van der Waals surface area contributed by atoms with Gasteiger partial charge in [-0.25, -0.2) is 4.98 Å². The molecule has 3 rings (SSSR count). The molecule has 0 aromatic carbocycles. The smallest absolute Gasteiger partial charge is 0.268 e. The highest BCUT2D eigenvalue weighted by molar-refractivity contribution is 7.14. The van der Waals surface area contributed by atoms with Gasteiger partial charge in [0.2, 0.25) is 5.76 Å². The molecule has 0 fully saturated rings. The van der Waals surface area contributed by atoms with Crippen LogP contribution in [0, 0.1) is 22.7 Å². The molecule has 1 N–H and O–H groups in total. The summed E-state index contributed by atoms with van der Waals surface area (Å²) in [5.74, 6) is -0.251. The number of furan rings is 1. The summed E-state index contributed by atoms with van der Waals surface area (Å²) in [5.41, 5.74) is 1.43. The van der Waals surface area contributed by atoms with Crippen LogP contribution in [0.25, 0.3) is 17.3 Å². The van der Waals surface area contributed by atoms with Gasteiger partial charge >= 0.3 is 0 Å². The van der Waals surface area contributed by atoms with Gasteiger partial charge in [0.05, 0.1) is 5.69 Å². The van der Waals surface area contributed by atoms with Crippen molar-refractivity contribution in [2.75, 3.05) is 5.32 Å². The summed E-state index contributed by atoms with van der Waals surface area (Å²) in [6.07, 6.45) is 4.58. The van der Waals surface area contributed by atoms with E-state index in [1.54, 1.807) is 17.8 Å². The standard InChI is InChI=1S/C17H9N5O2S/c18-8-12(7-13-1-2-14(9-19)24-13)16(23)22-17-21-15(10-25-17)11-3-5-20-6-4-11/h1-7,10H,(H,21,22,23). The molecule has 3 aromatic heterocycles. The van der Waals surface area contributed by atoms with E-state index in [1.807, 2.05) is 24.3 Å². The largest absolute Gasteiger partial charge is 0.446 e. The zero-order chi connectivity index (χ0) is 17.6.